The van der Waals surface area contributed by atoms with Crippen LogP contribution in [0.15, 0.2) is 65.1 Å². The highest BCUT2D eigenvalue weighted by Gasteiger charge is 2.29. The van der Waals surface area contributed by atoms with Gasteiger partial charge in [-0.1, -0.05) is 48.5 Å². The largest absolute Gasteiger partial charge is 0.478 e. The molecule has 146 valence electrons. The van der Waals surface area contributed by atoms with Crippen molar-refractivity contribution in [3.63, 3.8) is 0 Å². The second-order valence-corrected chi connectivity index (χ2v) is 7.65. The molecular formula is C23H18BrNO4. The molecule has 4 rings (SSSR count). The summed E-state index contributed by atoms with van der Waals surface area (Å²) in [6.45, 7) is 1.89. The van der Waals surface area contributed by atoms with Gasteiger partial charge in [0.05, 0.1) is 11.3 Å². The first kappa shape index (κ1) is 19.2. The van der Waals surface area contributed by atoms with E-state index in [9.17, 15) is 14.7 Å². The van der Waals surface area contributed by atoms with Crippen LogP contribution in [0.2, 0.25) is 0 Å². The first-order chi connectivity index (χ1) is 14.0. The van der Waals surface area contributed by atoms with Crippen LogP contribution < -0.4 is 5.32 Å². The highest BCUT2D eigenvalue weighted by molar-refractivity contribution is 9.10. The van der Waals surface area contributed by atoms with Gasteiger partial charge in [-0.3, -0.25) is 5.32 Å². The topological polar surface area (TPSA) is 75.6 Å². The molecule has 0 aromatic heterocycles. The Morgan fingerprint density at radius 3 is 2.17 bits per heavy atom. The van der Waals surface area contributed by atoms with E-state index in [1.807, 2.05) is 24.3 Å². The molecule has 3 aromatic carbocycles. The van der Waals surface area contributed by atoms with Gasteiger partial charge in [0.15, 0.2) is 0 Å². The monoisotopic (exact) mass is 451 g/mol. The summed E-state index contributed by atoms with van der Waals surface area (Å²) in [5.41, 5.74) is 5.79. The van der Waals surface area contributed by atoms with Crippen LogP contribution in [0.3, 0.4) is 0 Å². The van der Waals surface area contributed by atoms with Crippen molar-refractivity contribution in [1.82, 2.24) is 0 Å². The van der Waals surface area contributed by atoms with Crippen molar-refractivity contribution < 1.29 is 19.4 Å². The summed E-state index contributed by atoms with van der Waals surface area (Å²) in [4.78, 5) is 23.6. The third kappa shape index (κ3) is 3.51. The number of rotatable bonds is 4. The zero-order valence-electron chi connectivity index (χ0n) is 15.6. The number of hydrogen-bond acceptors (Lipinski definition) is 3. The Hall–Kier alpha value is -3.12. The molecule has 29 heavy (non-hydrogen) atoms. The zero-order valence-corrected chi connectivity index (χ0v) is 17.2. The van der Waals surface area contributed by atoms with Crippen LogP contribution >= 0.6 is 15.9 Å². The maximum Gasteiger partial charge on any atom is 0.411 e. The molecule has 1 aliphatic rings. The Balaban J connectivity index is 1.50. The van der Waals surface area contributed by atoms with E-state index in [2.05, 4.69) is 45.5 Å². The third-order valence-corrected chi connectivity index (χ3v) is 6.22. The number of carboxylic acid groups (broad SMARTS) is 1. The number of halogens is 1. The number of carboxylic acids is 1. The normalized spacial score (nSPS) is 12.2. The highest BCUT2D eigenvalue weighted by atomic mass is 79.9. The van der Waals surface area contributed by atoms with E-state index in [1.165, 1.54) is 17.2 Å². The average molecular weight is 452 g/mol. The first-order valence-electron chi connectivity index (χ1n) is 9.11. The summed E-state index contributed by atoms with van der Waals surface area (Å²) in [7, 11) is 0. The number of carbonyl (C=O) groups excluding carboxylic acids is 1. The van der Waals surface area contributed by atoms with Gasteiger partial charge in [0.1, 0.15) is 6.61 Å². The van der Waals surface area contributed by atoms with E-state index in [1.54, 1.807) is 13.0 Å². The van der Waals surface area contributed by atoms with Crippen LogP contribution in [-0.4, -0.2) is 23.8 Å². The standard InChI is InChI=1S/C23H18BrNO4/c1-13-14(22(26)27)10-11-20(21(13)24)25-23(28)29-12-19-17-8-4-2-6-15(17)16-7-3-5-9-18(16)19/h2-11,19H,12H2,1H3,(H,25,28)(H,26,27). The van der Waals surface area contributed by atoms with Crippen molar-refractivity contribution >= 4 is 33.7 Å². The minimum atomic E-state index is -1.02. The second-order valence-electron chi connectivity index (χ2n) is 6.86. The summed E-state index contributed by atoms with van der Waals surface area (Å²) >= 11 is 3.35. The predicted molar refractivity (Wildman–Crippen MR) is 115 cm³/mol. The second kappa shape index (κ2) is 7.72. The van der Waals surface area contributed by atoms with E-state index < -0.39 is 12.1 Å². The maximum atomic E-state index is 12.4. The van der Waals surface area contributed by atoms with Gasteiger partial charge in [0, 0.05) is 10.4 Å². The van der Waals surface area contributed by atoms with Crippen molar-refractivity contribution in [3.05, 3.63) is 87.4 Å². The van der Waals surface area contributed by atoms with Gasteiger partial charge in [0.25, 0.3) is 0 Å². The van der Waals surface area contributed by atoms with Crippen molar-refractivity contribution in [3.8, 4) is 11.1 Å². The molecule has 0 aliphatic heterocycles. The number of nitrogens with one attached hydrogen (secondary N) is 1. The van der Waals surface area contributed by atoms with Crippen LogP contribution in [0.4, 0.5) is 10.5 Å². The summed E-state index contributed by atoms with van der Waals surface area (Å²) in [5.74, 6) is -1.04. The maximum absolute atomic E-state index is 12.4. The molecule has 6 heteroatoms. The average Bonchev–Trinajstić information content (AvgIpc) is 3.03. The van der Waals surface area contributed by atoms with Crippen LogP contribution in [-0.2, 0) is 4.74 Å². The highest BCUT2D eigenvalue weighted by Crippen LogP contribution is 2.44. The van der Waals surface area contributed by atoms with Crippen LogP contribution in [0.25, 0.3) is 11.1 Å². The Morgan fingerprint density at radius 1 is 1.00 bits per heavy atom. The molecule has 1 amide bonds. The number of carbonyl (C=O) groups is 2. The fourth-order valence-corrected chi connectivity index (χ4v) is 4.20. The van der Waals surface area contributed by atoms with E-state index in [-0.39, 0.29) is 18.1 Å². The third-order valence-electron chi connectivity index (χ3n) is 5.20. The van der Waals surface area contributed by atoms with Gasteiger partial charge in [-0.15, -0.1) is 0 Å². The van der Waals surface area contributed by atoms with Gasteiger partial charge in [-0.05, 0) is 62.8 Å². The molecule has 3 aromatic rings. The van der Waals surface area contributed by atoms with E-state index >= 15 is 0 Å². The molecule has 0 bridgehead atoms. The Morgan fingerprint density at radius 2 is 1.59 bits per heavy atom. The summed E-state index contributed by atoms with van der Waals surface area (Å²) < 4.78 is 6.05. The molecule has 0 heterocycles. The fourth-order valence-electron chi connectivity index (χ4n) is 3.76. The zero-order chi connectivity index (χ0) is 20.5. The molecule has 5 nitrogen and oxygen atoms in total. The van der Waals surface area contributed by atoms with Crippen molar-refractivity contribution in [2.75, 3.05) is 11.9 Å². The van der Waals surface area contributed by atoms with Gasteiger partial charge in [0.2, 0.25) is 0 Å². The SMILES string of the molecule is Cc1c(C(=O)O)ccc(NC(=O)OCC2c3ccccc3-c3ccccc32)c1Br. The molecule has 1 aliphatic carbocycles. The molecule has 0 spiro atoms. The molecular weight excluding hydrogens is 434 g/mol. The van der Waals surface area contributed by atoms with Crippen LogP contribution in [0.5, 0.6) is 0 Å². The Labute approximate surface area is 176 Å². The van der Waals surface area contributed by atoms with E-state index in [0.717, 1.165) is 11.1 Å². The van der Waals surface area contributed by atoms with Crippen LogP contribution in [0.1, 0.15) is 33.0 Å². The number of benzene rings is 3. The van der Waals surface area contributed by atoms with E-state index in [4.69, 9.17) is 4.74 Å². The number of amides is 1. The van der Waals surface area contributed by atoms with Gasteiger partial charge >= 0.3 is 12.1 Å². The molecule has 0 saturated carbocycles. The van der Waals surface area contributed by atoms with E-state index in [0.29, 0.717) is 15.7 Å². The lowest BCUT2D eigenvalue weighted by atomic mass is 9.98. The number of anilines is 1. The van der Waals surface area contributed by atoms with Gasteiger partial charge in [-0.25, -0.2) is 9.59 Å². The van der Waals surface area contributed by atoms with Crippen molar-refractivity contribution in [2.45, 2.75) is 12.8 Å². The Kier molecular flexibility index (Phi) is 5.11. The molecule has 0 unspecified atom stereocenters. The number of hydrogen-bond donors (Lipinski definition) is 2. The molecule has 0 radical (unpaired) electrons. The minimum absolute atomic E-state index is 0.0206. The lowest BCUT2D eigenvalue weighted by Crippen LogP contribution is -2.18. The lowest BCUT2D eigenvalue weighted by Gasteiger charge is -2.15. The van der Waals surface area contributed by atoms with Crippen molar-refractivity contribution in [1.29, 1.82) is 0 Å². The minimum Gasteiger partial charge on any atom is -0.478 e. The Bertz CT molecular complexity index is 1080. The quantitative estimate of drug-likeness (QED) is 0.524. The summed E-state index contributed by atoms with van der Waals surface area (Å²) in [6.07, 6.45) is -0.588. The first-order valence-corrected chi connectivity index (χ1v) is 9.91. The van der Waals surface area contributed by atoms with Gasteiger partial charge in [-0.2, -0.15) is 0 Å². The molecule has 0 atom stereocenters. The number of aromatic carboxylic acids is 1. The predicted octanol–water partition coefficient (Wildman–Crippen LogP) is 5.82. The number of fused-ring (bicyclic) bond motifs is 3. The lowest BCUT2D eigenvalue weighted by molar-refractivity contribution is 0.0696. The molecule has 0 fully saturated rings. The summed E-state index contributed by atoms with van der Waals surface area (Å²) in [6, 6.07) is 19.3. The summed E-state index contributed by atoms with van der Waals surface area (Å²) in [5, 5.41) is 11.9. The molecule has 2 N–H and O–H groups in total. The van der Waals surface area contributed by atoms with Gasteiger partial charge < -0.3 is 9.84 Å². The van der Waals surface area contributed by atoms with Crippen molar-refractivity contribution in [2.24, 2.45) is 0 Å². The number of ether oxygens (including phenoxy) is 1. The molecule has 0 saturated heterocycles. The smallest absolute Gasteiger partial charge is 0.411 e. The fraction of sp³-hybridized carbons (Fsp3) is 0.130. The van der Waals surface area contributed by atoms with Crippen LogP contribution in [0, 0.1) is 6.92 Å².